The third-order valence-corrected chi connectivity index (χ3v) is 2.58. The van der Waals surface area contributed by atoms with Gasteiger partial charge in [0, 0.05) is 6.07 Å². The molecule has 2 nitrogen and oxygen atoms in total. The summed E-state index contributed by atoms with van der Waals surface area (Å²) in [5.74, 6) is 0.302. The molecule has 0 unspecified atom stereocenters. The minimum absolute atomic E-state index is 0.222. The summed E-state index contributed by atoms with van der Waals surface area (Å²) in [5.41, 5.74) is 0.687. The molecule has 0 aromatic heterocycles. The molecular weight excluding hydrogens is 249 g/mol. The van der Waals surface area contributed by atoms with Gasteiger partial charge in [0.2, 0.25) is 0 Å². The summed E-state index contributed by atoms with van der Waals surface area (Å²) < 4.78 is 19.2. The maximum Gasteiger partial charge on any atom is 0.135 e. The second kappa shape index (κ2) is 5.32. The van der Waals surface area contributed by atoms with Gasteiger partial charge < -0.3 is 10.1 Å². The third-order valence-electron chi connectivity index (χ3n) is 1.97. The molecule has 78 valence electrons. The second-order valence-corrected chi connectivity index (χ2v) is 3.79. The van der Waals surface area contributed by atoms with Crippen LogP contribution < -0.4 is 10.1 Å². The number of rotatable bonds is 4. The van der Waals surface area contributed by atoms with Gasteiger partial charge in [0.15, 0.2) is 0 Å². The number of hydrogen-bond acceptors (Lipinski definition) is 2. The Labute approximate surface area is 91.6 Å². The smallest absolute Gasteiger partial charge is 0.135 e. The highest BCUT2D eigenvalue weighted by Gasteiger charge is 2.07. The molecule has 1 aromatic carbocycles. The molecule has 0 amide bonds. The number of likely N-dealkylation sites (N-methyl/N-ethyl adjacent to an activating group) is 1. The summed E-state index contributed by atoms with van der Waals surface area (Å²) in [4.78, 5) is 0. The highest BCUT2D eigenvalue weighted by molar-refractivity contribution is 9.10. The fourth-order valence-electron chi connectivity index (χ4n) is 1.18. The first-order chi connectivity index (χ1) is 6.69. The molecule has 0 aliphatic rings. The van der Waals surface area contributed by atoms with Crippen LogP contribution in [0.2, 0.25) is 0 Å². The van der Waals surface area contributed by atoms with Gasteiger partial charge in [-0.1, -0.05) is 0 Å². The second-order valence-electron chi connectivity index (χ2n) is 2.93. The minimum Gasteiger partial charge on any atom is -0.495 e. The molecule has 1 N–H and O–H groups in total. The Morgan fingerprint density at radius 3 is 2.79 bits per heavy atom. The van der Waals surface area contributed by atoms with Crippen molar-refractivity contribution in [3.8, 4) is 5.75 Å². The molecule has 0 fully saturated rings. The van der Waals surface area contributed by atoms with E-state index in [0.29, 0.717) is 17.7 Å². The lowest BCUT2D eigenvalue weighted by atomic mass is 10.1. The van der Waals surface area contributed by atoms with E-state index < -0.39 is 0 Å². The molecule has 0 aliphatic carbocycles. The Morgan fingerprint density at radius 1 is 1.50 bits per heavy atom. The van der Waals surface area contributed by atoms with Crippen molar-refractivity contribution >= 4 is 15.9 Å². The van der Waals surface area contributed by atoms with Crippen LogP contribution in [0.3, 0.4) is 0 Å². The van der Waals surface area contributed by atoms with Crippen LogP contribution in [0.15, 0.2) is 16.6 Å². The number of ether oxygens (including phenoxy) is 1. The lowest BCUT2D eigenvalue weighted by Gasteiger charge is -2.07. The third kappa shape index (κ3) is 2.69. The lowest BCUT2D eigenvalue weighted by molar-refractivity contribution is 0.408. The summed E-state index contributed by atoms with van der Waals surface area (Å²) in [5, 5.41) is 2.98. The quantitative estimate of drug-likeness (QED) is 0.899. The number of methoxy groups -OCH3 is 1. The van der Waals surface area contributed by atoms with Gasteiger partial charge in [0.1, 0.15) is 11.6 Å². The molecule has 1 rings (SSSR count). The molecule has 0 radical (unpaired) electrons. The van der Waals surface area contributed by atoms with Crippen molar-refractivity contribution in [2.24, 2.45) is 0 Å². The lowest BCUT2D eigenvalue weighted by Crippen LogP contribution is -2.11. The van der Waals surface area contributed by atoms with Crippen LogP contribution in [0.5, 0.6) is 5.75 Å². The van der Waals surface area contributed by atoms with Gasteiger partial charge in [-0.3, -0.25) is 0 Å². The van der Waals surface area contributed by atoms with E-state index in [-0.39, 0.29) is 5.82 Å². The van der Waals surface area contributed by atoms with E-state index >= 15 is 0 Å². The van der Waals surface area contributed by atoms with Crippen LogP contribution in [0.25, 0.3) is 0 Å². The number of benzene rings is 1. The van der Waals surface area contributed by atoms with Crippen molar-refractivity contribution < 1.29 is 9.13 Å². The molecule has 1 aromatic rings. The average molecular weight is 262 g/mol. The molecule has 14 heavy (non-hydrogen) atoms. The van der Waals surface area contributed by atoms with Crippen LogP contribution in [-0.2, 0) is 6.42 Å². The Balaban J connectivity index is 2.90. The Bertz CT molecular complexity index is 317. The van der Waals surface area contributed by atoms with Gasteiger partial charge in [-0.2, -0.15) is 0 Å². The van der Waals surface area contributed by atoms with Gasteiger partial charge in [0.05, 0.1) is 11.6 Å². The first-order valence-electron chi connectivity index (χ1n) is 4.35. The zero-order chi connectivity index (χ0) is 10.6. The molecule has 0 spiro atoms. The van der Waals surface area contributed by atoms with E-state index in [1.54, 1.807) is 6.07 Å². The van der Waals surface area contributed by atoms with Crippen molar-refractivity contribution in [1.82, 2.24) is 5.32 Å². The van der Waals surface area contributed by atoms with Gasteiger partial charge >= 0.3 is 0 Å². The van der Waals surface area contributed by atoms with Gasteiger partial charge in [0.25, 0.3) is 0 Å². The first kappa shape index (κ1) is 11.5. The van der Waals surface area contributed by atoms with Crippen molar-refractivity contribution in [3.63, 3.8) is 0 Å². The van der Waals surface area contributed by atoms with Crippen molar-refractivity contribution in [1.29, 1.82) is 0 Å². The molecule has 0 atom stereocenters. The normalized spacial score (nSPS) is 10.3. The molecule has 0 aliphatic heterocycles. The zero-order valence-electron chi connectivity index (χ0n) is 8.23. The predicted octanol–water partition coefficient (Wildman–Crippen LogP) is 2.36. The van der Waals surface area contributed by atoms with Gasteiger partial charge in [-0.15, -0.1) is 0 Å². The topological polar surface area (TPSA) is 21.3 Å². The Kier molecular flexibility index (Phi) is 4.35. The number of hydrogen-bond donors (Lipinski definition) is 1. The summed E-state index contributed by atoms with van der Waals surface area (Å²) in [6.07, 6.45) is 0.672. The van der Waals surface area contributed by atoms with Gasteiger partial charge in [-0.25, -0.2) is 4.39 Å². The largest absolute Gasteiger partial charge is 0.495 e. The number of halogens is 2. The fourth-order valence-corrected chi connectivity index (χ4v) is 1.73. The van der Waals surface area contributed by atoms with Crippen molar-refractivity contribution in [2.45, 2.75) is 6.42 Å². The van der Waals surface area contributed by atoms with E-state index in [4.69, 9.17) is 4.74 Å². The maximum atomic E-state index is 13.4. The van der Waals surface area contributed by atoms with E-state index in [2.05, 4.69) is 21.2 Å². The minimum atomic E-state index is -0.222. The first-order valence-corrected chi connectivity index (χ1v) is 5.15. The molecule has 0 heterocycles. The summed E-state index contributed by atoms with van der Waals surface area (Å²) >= 11 is 3.32. The molecular formula is C10H13BrFNO. The Morgan fingerprint density at radius 2 is 2.21 bits per heavy atom. The van der Waals surface area contributed by atoms with E-state index in [0.717, 1.165) is 11.0 Å². The molecule has 0 saturated heterocycles. The Hall–Kier alpha value is -0.610. The highest BCUT2D eigenvalue weighted by atomic mass is 79.9. The summed E-state index contributed by atoms with van der Waals surface area (Å²) in [6, 6.07) is 3.15. The summed E-state index contributed by atoms with van der Waals surface area (Å²) in [6.45, 7) is 0.760. The van der Waals surface area contributed by atoms with Crippen LogP contribution in [0, 0.1) is 5.82 Å². The number of nitrogens with one attached hydrogen (secondary N) is 1. The van der Waals surface area contributed by atoms with Crippen LogP contribution in [0.1, 0.15) is 5.56 Å². The van der Waals surface area contributed by atoms with E-state index in [1.807, 2.05) is 7.05 Å². The molecule has 4 heteroatoms. The van der Waals surface area contributed by atoms with Crippen LogP contribution in [0.4, 0.5) is 4.39 Å². The van der Waals surface area contributed by atoms with Crippen LogP contribution in [-0.4, -0.2) is 20.7 Å². The monoisotopic (exact) mass is 261 g/mol. The van der Waals surface area contributed by atoms with Crippen molar-refractivity contribution in [3.05, 3.63) is 28.0 Å². The zero-order valence-corrected chi connectivity index (χ0v) is 9.82. The maximum absolute atomic E-state index is 13.4. The van der Waals surface area contributed by atoms with Crippen LogP contribution >= 0.6 is 15.9 Å². The molecule has 0 bridgehead atoms. The average Bonchev–Trinajstić information content (AvgIpc) is 2.18. The SMILES string of the molecule is CNCCc1cc(Br)c(OC)cc1F. The fraction of sp³-hybridized carbons (Fsp3) is 0.400. The summed E-state index contributed by atoms with van der Waals surface area (Å²) in [7, 11) is 3.36. The van der Waals surface area contributed by atoms with Crippen molar-refractivity contribution in [2.75, 3.05) is 20.7 Å². The van der Waals surface area contributed by atoms with E-state index in [9.17, 15) is 4.39 Å². The standard InChI is InChI=1S/C10H13BrFNO/c1-13-4-3-7-5-8(11)10(14-2)6-9(7)12/h5-6,13H,3-4H2,1-2H3. The highest BCUT2D eigenvalue weighted by Crippen LogP contribution is 2.27. The predicted molar refractivity (Wildman–Crippen MR) is 58.3 cm³/mol. The van der Waals surface area contributed by atoms with E-state index in [1.165, 1.54) is 13.2 Å². The molecule has 0 saturated carbocycles. The van der Waals surface area contributed by atoms with Gasteiger partial charge in [-0.05, 0) is 47.6 Å².